The van der Waals surface area contributed by atoms with Crippen LogP contribution in [0, 0.1) is 0 Å². The van der Waals surface area contributed by atoms with Gasteiger partial charge in [0, 0.05) is 23.4 Å². The summed E-state index contributed by atoms with van der Waals surface area (Å²) >= 11 is 3.14. The van der Waals surface area contributed by atoms with Crippen LogP contribution in [0.25, 0.3) is 11.4 Å². The van der Waals surface area contributed by atoms with Crippen LogP contribution in [0.15, 0.2) is 77.3 Å². The second kappa shape index (κ2) is 11.0. The largest absolute Gasteiger partial charge is 0.497 e. The smallest absolute Gasteiger partial charge is 0.221 e. The zero-order valence-electron chi connectivity index (χ0n) is 17.7. The standard InChI is InChI=1S/C24H24N4O2S2/c1-30-19-11-9-18(10-12-19)23-26-24(28-27-23)32-21(20-8-5-15-31-20)16-22(29)25-14-13-17-6-3-2-4-7-17/h2-12,15,21H,13-14,16H2,1H3,(H,25,29)(H,26,27,28)/t21-/m1/s1. The molecule has 0 fully saturated rings. The van der Waals surface area contributed by atoms with Crippen LogP contribution in [0.3, 0.4) is 0 Å². The zero-order chi connectivity index (χ0) is 22.2. The number of aromatic nitrogens is 3. The van der Waals surface area contributed by atoms with Gasteiger partial charge in [0.15, 0.2) is 5.82 Å². The SMILES string of the molecule is COc1ccc(-c2nc(S[C@H](CC(=O)NCCc3ccccc3)c3cccs3)n[nH]2)cc1. The van der Waals surface area contributed by atoms with Gasteiger partial charge in [-0.3, -0.25) is 9.89 Å². The van der Waals surface area contributed by atoms with Crippen molar-refractivity contribution in [3.8, 4) is 17.1 Å². The van der Waals surface area contributed by atoms with Crippen molar-refractivity contribution in [3.63, 3.8) is 0 Å². The molecule has 1 amide bonds. The molecule has 4 aromatic rings. The normalized spacial score (nSPS) is 11.8. The Morgan fingerprint density at radius 2 is 1.94 bits per heavy atom. The molecule has 2 aromatic carbocycles. The Morgan fingerprint density at radius 3 is 2.66 bits per heavy atom. The molecule has 0 aliphatic rings. The number of rotatable bonds is 10. The molecule has 4 rings (SSSR count). The lowest BCUT2D eigenvalue weighted by atomic mass is 10.1. The molecule has 0 aliphatic carbocycles. The molecule has 32 heavy (non-hydrogen) atoms. The molecule has 2 heterocycles. The van der Waals surface area contributed by atoms with Crippen molar-refractivity contribution in [2.75, 3.05) is 13.7 Å². The summed E-state index contributed by atoms with van der Waals surface area (Å²) in [6, 6.07) is 21.9. The first-order valence-electron chi connectivity index (χ1n) is 10.3. The molecule has 2 aromatic heterocycles. The summed E-state index contributed by atoms with van der Waals surface area (Å²) in [6.45, 7) is 0.618. The van der Waals surface area contributed by atoms with Crippen molar-refractivity contribution in [2.45, 2.75) is 23.2 Å². The van der Waals surface area contributed by atoms with Gasteiger partial charge in [-0.2, -0.15) is 0 Å². The second-order valence-corrected chi connectivity index (χ2v) is 9.26. The molecule has 0 saturated heterocycles. The molecular weight excluding hydrogens is 440 g/mol. The first kappa shape index (κ1) is 22.1. The van der Waals surface area contributed by atoms with Crippen molar-refractivity contribution in [1.82, 2.24) is 20.5 Å². The molecule has 0 saturated carbocycles. The predicted octanol–water partition coefficient (Wildman–Crippen LogP) is 5.12. The number of methoxy groups -OCH3 is 1. The average molecular weight is 465 g/mol. The number of H-pyrrole nitrogens is 1. The third kappa shape index (κ3) is 5.99. The predicted molar refractivity (Wildman–Crippen MR) is 129 cm³/mol. The van der Waals surface area contributed by atoms with E-state index in [1.54, 1.807) is 18.4 Å². The van der Waals surface area contributed by atoms with Crippen LogP contribution in [-0.4, -0.2) is 34.7 Å². The van der Waals surface area contributed by atoms with Gasteiger partial charge in [0.25, 0.3) is 0 Å². The highest BCUT2D eigenvalue weighted by atomic mass is 32.2. The number of carbonyl (C=O) groups excluding carboxylic acids is 1. The quantitative estimate of drug-likeness (QED) is 0.318. The van der Waals surface area contributed by atoms with E-state index in [9.17, 15) is 4.79 Å². The third-order valence-electron chi connectivity index (χ3n) is 4.89. The average Bonchev–Trinajstić information content (AvgIpc) is 3.52. The van der Waals surface area contributed by atoms with E-state index in [2.05, 4.69) is 38.7 Å². The number of nitrogens with zero attached hydrogens (tertiary/aromatic N) is 2. The first-order chi connectivity index (χ1) is 15.7. The van der Waals surface area contributed by atoms with Crippen molar-refractivity contribution < 1.29 is 9.53 Å². The van der Waals surface area contributed by atoms with Crippen molar-refractivity contribution in [2.24, 2.45) is 0 Å². The molecule has 0 spiro atoms. The summed E-state index contributed by atoms with van der Waals surface area (Å²) in [6.07, 6.45) is 1.18. The van der Waals surface area contributed by atoms with Gasteiger partial charge in [0.2, 0.25) is 11.1 Å². The van der Waals surface area contributed by atoms with E-state index in [4.69, 9.17) is 4.74 Å². The van der Waals surface area contributed by atoms with Crippen molar-refractivity contribution in [1.29, 1.82) is 0 Å². The van der Waals surface area contributed by atoms with E-state index in [0.717, 1.165) is 22.6 Å². The lowest BCUT2D eigenvalue weighted by Gasteiger charge is -2.13. The Morgan fingerprint density at radius 1 is 1.12 bits per heavy atom. The van der Waals surface area contributed by atoms with Gasteiger partial charge in [0.1, 0.15) is 5.75 Å². The van der Waals surface area contributed by atoms with Gasteiger partial charge < -0.3 is 10.1 Å². The Labute approximate surface area is 195 Å². The molecule has 8 heteroatoms. The summed E-state index contributed by atoms with van der Waals surface area (Å²) in [5, 5.41) is 13.0. The van der Waals surface area contributed by atoms with Gasteiger partial charge in [-0.1, -0.05) is 48.2 Å². The number of thioether (sulfide) groups is 1. The van der Waals surface area contributed by atoms with E-state index in [-0.39, 0.29) is 11.2 Å². The molecule has 0 unspecified atom stereocenters. The van der Waals surface area contributed by atoms with Gasteiger partial charge in [0.05, 0.1) is 12.4 Å². The molecule has 0 aliphatic heterocycles. The molecule has 164 valence electrons. The number of hydrogen-bond donors (Lipinski definition) is 2. The maximum Gasteiger partial charge on any atom is 0.221 e. The lowest BCUT2D eigenvalue weighted by molar-refractivity contribution is -0.121. The lowest BCUT2D eigenvalue weighted by Crippen LogP contribution is -2.26. The summed E-state index contributed by atoms with van der Waals surface area (Å²) in [7, 11) is 1.64. The number of amides is 1. The van der Waals surface area contributed by atoms with Crippen LogP contribution in [0.5, 0.6) is 5.75 Å². The number of carbonyl (C=O) groups is 1. The molecule has 1 atom stereocenters. The fraction of sp³-hybridized carbons (Fsp3) is 0.208. The van der Waals surface area contributed by atoms with E-state index in [1.807, 2.05) is 53.9 Å². The van der Waals surface area contributed by atoms with Crippen LogP contribution < -0.4 is 10.1 Å². The van der Waals surface area contributed by atoms with Gasteiger partial charge >= 0.3 is 0 Å². The Bertz CT molecular complexity index is 1110. The molecule has 2 N–H and O–H groups in total. The van der Waals surface area contributed by atoms with Crippen LogP contribution >= 0.6 is 23.1 Å². The van der Waals surface area contributed by atoms with E-state index in [1.165, 1.54) is 17.3 Å². The van der Waals surface area contributed by atoms with Crippen LogP contribution in [0.1, 0.15) is 22.1 Å². The fourth-order valence-electron chi connectivity index (χ4n) is 3.21. The van der Waals surface area contributed by atoms with E-state index in [0.29, 0.717) is 23.9 Å². The van der Waals surface area contributed by atoms with Gasteiger partial charge in [-0.15, -0.1) is 16.4 Å². The zero-order valence-corrected chi connectivity index (χ0v) is 19.3. The summed E-state index contributed by atoms with van der Waals surface area (Å²) < 4.78 is 5.21. The summed E-state index contributed by atoms with van der Waals surface area (Å²) in [5.41, 5.74) is 2.14. The van der Waals surface area contributed by atoms with E-state index >= 15 is 0 Å². The summed E-state index contributed by atoms with van der Waals surface area (Å²) in [4.78, 5) is 18.4. The molecule has 0 radical (unpaired) electrons. The Hall–Kier alpha value is -3.10. The van der Waals surface area contributed by atoms with Crippen LogP contribution in [0.2, 0.25) is 0 Å². The minimum atomic E-state index is -0.0498. The maximum absolute atomic E-state index is 12.6. The molecule has 0 bridgehead atoms. The number of aromatic amines is 1. The topological polar surface area (TPSA) is 79.9 Å². The monoisotopic (exact) mass is 464 g/mol. The second-order valence-electron chi connectivity index (χ2n) is 7.11. The maximum atomic E-state index is 12.6. The number of hydrogen-bond acceptors (Lipinski definition) is 6. The van der Waals surface area contributed by atoms with Gasteiger partial charge in [-0.05, 0) is 47.7 Å². The number of ether oxygens (including phenoxy) is 1. The fourth-order valence-corrected chi connectivity index (χ4v) is 5.15. The molecular formula is C24H24N4O2S2. The molecule has 6 nitrogen and oxygen atoms in total. The Balaban J connectivity index is 1.38. The highest BCUT2D eigenvalue weighted by Gasteiger charge is 2.21. The Kier molecular flexibility index (Phi) is 7.58. The number of nitrogens with one attached hydrogen (secondary N) is 2. The van der Waals surface area contributed by atoms with E-state index < -0.39 is 0 Å². The number of benzene rings is 2. The first-order valence-corrected chi connectivity index (χ1v) is 12.0. The summed E-state index contributed by atoms with van der Waals surface area (Å²) in [5.74, 6) is 1.50. The van der Waals surface area contributed by atoms with Crippen molar-refractivity contribution >= 4 is 29.0 Å². The highest BCUT2D eigenvalue weighted by molar-refractivity contribution is 7.99. The minimum absolute atomic E-state index is 0.0257. The third-order valence-corrected chi connectivity index (χ3v) is 7.12. The number of thiophene rings is 1. The van der Waals surface area contributed by atoms with Crippen molar-refractivity contribution in [3.05, 3.63) is 82.6 Å². The highest BCUT2D eigenvalue weighted by Crippen LogP contribution is 2.38. The van der Waals surface area contributed by atoms with Gasteiger partial charge in [-0.25, -0.2) is 4.98 Å². The van der Waals surface area contributed by atoms with Crippen LogP contribution in [0.4, 0.5) is 0 Å². The minimum Gasteiger partial charge on any atom is -0.497 e. The van der Waals surface area contributed by atoms with Crippen LogP contribution in [-0.2, 0) is 11.2 Å².